The van der Waals surface area contributed by atoms with Crippen LogP contribution in [0, 0.1) is 0 Å². The minimum Gasteiger partial charge on any atom is -0.481 e. The van der Waals surface area contributed by atoms with Gasteiger partial charge in [0.05, 0.1) is 11.6 Å². The van der Waals surface area contributed by atoms with Crippen molar-refractivity contribution in [3.63, 3.8) is 0 Å². The minimum atomic E-state index is -0.844. The van der Waals surface area contributed by atoms with Gasteiger partial charge in [0.15, 0.2) is 0 Å². The van der Waals surface area contributed by atoms with Crippen molar-refractivity contribution < 1.29 is 9.90 Å². The number of pyridine rings is 1. The maximum atomic E-state index is 10.5. The average molecular weight is 174 g/mol. The fourth-order valence-electron chi connectivity index (χ4n) is 0.759. The molecule has 0 saturated carbocycles. The van der Waals surface area contributed by atoms with Gasteiger partial charge in [-0.25, -0.2) is 0 Å². The van der Waals surface area contributed by atoms with E-state index in [2.05, 4.69) is 4.98 Å². The van der Waals surface area contributed by atoms with Crippen LogP contribution in [0.5, 0.6) is 0 Å². The molecule has 0 saturated heterocycles. The Hall–Kier alpha value is -0.380. The van der Waals surface area contributed by atoms with Gasteiger partial charge in [0.1, 0.15) is 0 Å². The summed E-state index contributed by atoms with van der Waals surface area (Å²) in [5.74, 6) is -1.36. The number of carboxylic acid groups (broad SMARTS) is 1. The van der Waals surface area contributed by atoms with Crippen LogP contribution >= 0.6 is 0 Å². The van der Waals surface area contributed by atoms with E-state index in [4.69, 9.17) is 5.11 Å². The summed E-state index contributed by atoms with van der Waals surface area (Å²) in [5.41, 5.74) is 0.597. The summed E-state index contributed by atoms with van der Waals surface area (Å²) in [6, 6.07) is 5.25. The number of rotatable bonds is 2. The van der Waals surface area contributed by atoms with E-state index in [-0.39, 0.29) is 29.6 Å². The fraction of sp³-hybridized carbons (Fsp3) is 0.250. The van der Waals surface area contributed by atoms with Gasteiger partial charge in [-0.05, 0) is 19.1 Å². The van der Waals surface area contributed by atoms with Crippen LogP contribution in [-0.2, 0) is 4.79 Å². The van der Waals surface area contributed by atoms with E-state index in [1.54, 1.807) is 31.3 Å². The molecular formula is C8H9NNaO2. The van der Waals surface area contributed by atoms with Crippen molar-refractivity contribution in [1.82, 2.24) is 4.98 Å². The third-order valence-corrected chi connectivity index (χ3v) is 1.50. The molecule has 3 nitrogen and oxygen atoms in total. The zero-order valence-electron chi connectivity index (χ0n) is 7.19. The van der Waals surface area contributed by atoms with Gasteiger partial charge in [0, 0.05) is 35.8 Å². The van der Waals surface area contributed by atoms with Gasteiger partial charge in [0.25, 0.3) is 0 Å². The second-order valence-corrected chi connectivity index (χ2v) is 2.31. The number of carboxylic acids is 1. The number of aromatic nitrogens is 1. The molecule has 4 heteroatoms. The third kappa shape index (κ3) is 2.93. The van der Waals surface area contributed by atoms with Crippen LogP contribution in [0.15, 0.2) is 24.4 Å². The first kappa shape index (κ1) is 11.6. The van der Waals surface area contributed by atoms with Gasteiger partial charge in [0.2, 0.25) is 0 Å². The Kier molecular flexibility index (Phi) is 5.13. The molecule has 0 fully saturated rings. The van der Waals surface area contributed by atoms with E-state index in [9.17, 15) is 4.79 Å². The van der Waals surface area contributed by atoms with E-state index in [0.717, 1.165) is 0 Å². The molecule has 1 heterocycles. The number of aliphatic carboxylic acids is 1. The SMILES string of the molecule is CC(C(=O)O)c1ccccn1.[Na]. The van der Waals surface area contributed by atoms with Gasteiger partial charge in [-0.1, -0.05) is 6.07 Å². The summed E-state index contributed by atoms with van der Waals surface area (Å²) in [7, 11) is 0. The minimum absolute atomic E-state index is 0. The molecule has 1 N–H and O–H groups in total. The fourth-order valence-corrected chi connectivity index (χ4v) is 0.759. The van der Waals surface area contributed by atoms with Crippen molar-refractivity contribution in [2.75, 3.05) is 0 Å². The molecule has 1 rings (SSSR count). The molecule has 59 valence electrons. The van der Waals surface area contributed by atoms with Crippen LogP contribution < -0.4 is 0 Å². The topological polar surface area (TPSA) is 50.2 Å². The summed E-state index contributed by atoms with van der Waals surface area (Å²) in [6.07, 6.45) is 1.59. The summed E-state index contributed by atoms with van der Waals surface area (Å²) in [4.78, 5) is 14.4. The van der Waals surface area contributed by atoms with Crippen LogP contribution in [0.4, 0.5) is 0 Å². The van der Waals surface area contributed by atoms with Crippen molar-refractivity contribution in [3.8, 4) is 0 Å². The van der Waals surface area contributed by atoms with Crippen molar-refractivity contribution in [2.24, 2.45) is 0 Å². The van der Waals surface area contributed by atoms with Gasteiger partial charge >= 0.3 is 5.97 Å². The molecule has 0 aromatic carbocycles. The Morgan fingerprint density at radius 1 is 1.58 bits per heavy atom. The predicted molar refractivity (Wildman–Crippen MR) is 46.0 cm³/mol. The molecule has 0 bridgehead atoms. The number of hydrogen-bond donors (Lipinski definition) is 1. The van der Waals surface area contributed by atoms with Crippen LogP contribution in [0.2, 0.25) is 0 Å². The molecule has 1 unspecified atom stereocenters. The Morgan fingerprint density at radius 3 is 2.67 bits per heavy atom. The van der Waals surface area contributed by atoms with Crippen molar-refractivity contribution in [3.05, 3.63) is 30.1 Å². The predicted octanol–water partition coefficient (Wildman–Crippen LogP) is 0.889. The second kappa shape index (κ2) is 5.30. The molecule has 0 aliphatic rings. The normalized spacial score (nSPS) is 11.4. The Labute approximate surface area is 93.1 Å². The quantitative estimate of drug-likeness (QED) is 0.677. The van der Waals surface area contributed by atoms with Crippen LogP contribution in [0.1, 0.15) is 18.5 Å². The molecule has 1 radical (unpaired) electrons. The third-order valence-electron chi connectivity index (χ3n) is 1.50. The monoisotopic (exact) mass is 174 g/mol. The molecule has 0 aliphatic carbocycles. The number of nitrogens with zero attached hydrogens (tertiary/aromatic N) is 1. The van der Waals surface area contributed by atoms with Gasteiger partial charge in [-0.3, -0.25) is 9.78 Å². The van der Waals surface area contributed by atoms with Crippen molar-refractivity contribution in [2.45, 2.75) is 12.8 Å². The maximum Gasteiger partial charge on any atom is 0.312 e. The van der Waals surface area contributed by atoms with Gasteiger partial charge in [-0.15, -0.1) is 0 Å². The van der Waals surface area contributed by atoms with E-state index >= 15 is 0 Å². The van der Waals surface area contributed by atoms with Crippen LogP contribution in [0.25, 0.3) is 0 Å². The molecule has 0 spiro atoms. The first-order chi connectivity index (χ1) is 5.22. The first-order valence-corrected chi connectivity index (χ1v) is 3.35. The molecule has 0 aliphatic heterocycles. The second-order valence-electron chi connectivity index (χ2n) is 2.31. The number of hydrogen-bond acceptors (Lipinski definition) is 2. The van der Waals surface area contributed by atoms with Gasteiger partial charge < -0.3 is 5.11 Å². The van der Waals surface area contributed by atoms with Gasteiger partial charge in [-0.2, -0.15) is 0 Å². The molecule has 0 amide bonds. The Bertz CT molecular complexity index is 250. The van der Waals surface area contributed by atoms with E-state index in [1.165, 1.54) is 0 Å². The summed E-state index contributed by atoms with van der Waals surface area (Å²) < 4.78 is 0. The van der Waals surface area contributed by atoms with Crippen molar-refractivity contribution in [1.29, 1.82) is 0 Å². The Balaban J connectivity index is 0.00000121. The first-order valence-electron chi connectivity index (χ1n) is 3.35. The molecular weight excluding hydrogens is 165 g/mol. The number of carbonyl (C=O) groups is 1. The molecule has 1 atom stereocenters. The summed E-state index contributed by atoms with van der Waals surface area (Å²) >= 11 is 0. The standard InChI is InChI=1S/C8H9NO2.Na/c1-6(8(10)11)7-4-2-3-5-9-7;/h2-6H,1H3,(H,10,11);. The van der Waals surface area contributed by atoms with E-state index < -0.39 is 11.9 Å². The molecule has 1 aromatic heterocycles. The van der Waals surface area contributed by atoms with E-state index in [0.29, 0.717) is 5.69 Å². The largest absolute Gasteiger partial charge is 0.481 e. The zero-order chi connectivity index (χ0) is 8.27. The summed E-state index contributed by atoms with van der Waals surface area (Å²) in [5, 5.41) is 8.60. The summed E-state index contributed by atoms with van der Waals surface area (Å²) in [6.45, 7) is 1.62. The Morgan fingerprint density at radius 2 is 2.25 bits per heavy atom. The van der Waals surface area contributed by atoms with E-state index in [1.807, 2.05) is 0 Å². The average Bonchev–Trinajstić information content (AvgIpc) is 2.05. The smallest absolute Gasteiger partial charge is 0.312 e. The molecule has 12 heavy (non-hydrogen) atoms. The zero-order valence-corrected chi connectivity index (χ0v) is 9.19. The van der Waals surface area contributed by atoms with Crippen molar-refractivity contribution >= 4 is 35.5 Å². The maximum absolute atomic E-state index is 10.5. The van der Waals surface area contributed by atoms with Crippen LogP contribution in [-0.4, -0.2) is 45.6 Å². The molecule has 1 aromatic rings. The van der Waals surface area contributed by atoms with Crippen LogP contribution in [0.3, 0.4) is 0 Å².